The molecule has 9 heteroatoms. The van der Waals surface area contributed by atoms with Gasteiger partial charge in [0, 0.05) is 6.42 Å². The van der Waals surface area contributed by atoms with Crippen LogP contribution in [0.5, 0.6) is 0 Å². The van der Waals surface area contributed by atoms with Crippen molar-refractivity contribution in [3.05, 3.63) is 60.8 Å². The second kappa shape index (κ2) is 32.5. The van der Waals surface area contributed by atoms with Crippen molar-refractivity contribution in [1.82, 2.24) is 5.32 Å². The molecule has 294 valence electrons. The van der Waals surface area contributed by atoms with Gasteiger partial charge in [-0.15, -0.1) is 0 Å². The Morgan fingerprint density at radius 1 is 0.667 bits per heavy atom. The van der Waals surface area contributed by atoms with Gasteiger partial charge in [0.2, 0.25) is 5.91 Å². The van der Waals surface area contributed by atoms with E-state index in [-0.39, 0.29) is 18.9 Å². The third-order valence-corrected chi connectivity index (χ3v) is 9.16. The van der Waals surface area contributed by atoms with E-state index in [9.17, 15) is 30.3 Å². The average molecular weight is 720 g/mol. The molecule has 0 aliphatic carbocycles. The van der Waals surface area contributed by atoms with E-state index in [1.165, 1.54) is 64.2 Å². The van der Waals surface area contributed by atoms with Crippen molar-refractivity contribution in [2.24, 2.45) is 0 Å². The lowest BCUT2D eigenvalue weighted by Gasteiger charge is -2.40. The van der Waals surface area contributed by atoms with Crippen LogP contribution in [-0.4, -0.2) is 87.5 Å². The molecule has 6 N–H and O–H groups in total. The molecule has 7 unspecified atom stereocenters. The van der Waals surface area contributed by atoms with Crippen LogP contribution in [0.15, 0.2) is 60.8 Å². The molecular formula is C42H73NO8. The molecule has 1 amide bonds. The number of carbonyl (C=O) groups is 1. The molecule has 0 radical (unpaired) electrons. The average Bonchev–Trinajstić information content (AvgIpc) is 3.13. The van der Waals surface area contributed by atoms with Gasteiger partial charge in [-0.1, -0.05) is 158 Å². The summed E-state index contributed by atoms with van der Waals surface area (Å²) in [6, 6.07) is -0.773. The van der Waals surface area contributed by atoms with E-state index < -0.39 is 49.5 Å². The minimum Gasteiger partial charge on any atom is -0.394 e. The SMILES string of the molecule is CC/C=C\C/C=C\C/C=C\C/C=C\C/C=C\CC(=O)NC(COC1OC(CO)C(O)C(O)C1O)C(O)CCCCCCCCCCCCCCC. The standard InChI is InChI=1S/C42H73NO8/c1-3-5-7-9-11-13-15-17-18-20-22-24-26-28-30-32-38(46)43-35(34-50-42-41(49)40(48)39(47)37(33-44)51-42)36(45)31-29-27-25-23-21-19-16-14-12-10-8-6-4-2/h5,7,11,13,17-18,22,24,28,30,35-37,39-42,44-45,47-49H,3-4,6,8-10,12,14-16,19-21,23,25-27,29,31-34H2,1-2H3,(H,43,46)/b7-5-,13-11-,18-17-,24-22-,30-28-. The number of aliphatic hydroxyl groups is 5. The minimum absolute atomic E-state index is 0.134. The highest BCUT2D eigenvalue weighted by atomic mass is 16.7. The second-order valence-electron chi connectivity index (χ2n) is 13.7. The number of unbranched alkanes of at least 4 members (excludes halogenated alkanes) is 12. The number of aliphatic hydroxyl groups excluding tert-OH is 5. The van der Waals surface area contributed by atoms with Gasteiger partial charge in [-0.05, 0) is 38.5 Å². The predicted octanol–water partition coefficient (Wildman–Crippen LogP) is 7.27. The third-order valence-electron chi connectivity index (χ3n) is 9.16. The van der Waals surface area contributed by atoms with Crippen molar-refractivity contribution in [3.63, 3.8) is 0 Å². The molecule has 1 rings (SSSR count). The van der Waals surface area contributed by atoms with Gasteiger partial charge in [0.05, 0.1) is 25.4 Å². The van der Waals surface area contributed by atoms with E-state index in [4.69, 9.17) is 9.47 Å². The van der Waals surface area contributed by atoms with Crippen LogP contribution in [0.25, 0.3) is 0 Å². The van der Waals surface area contributed by atoms with E-state index in [0.29, 0.717) is 12.8 Å². The maximum Gasteiger partial charge on any atom is 0.224 e. The summed E-state index contributed by atoms with van der Waals surface area (Å²) < 4.78 is 11.2. The molecule has 0 saturated carbocycles. The molecule has 0 aromatic heterocycles. The van der Waals surface area contributed by atoms with Crippen LogP contribution in [0.1, 0.15) is 142 Å². The number of nitrogens with one attached hydrogen (secondary N) is 1. The smallest absolute Gasteiger partial charge is 0.224 e. The molecule has 0 spiro atoms. The van der Waals surface area contributed by atoms with Crippen molar-refractivity contribution in [1.29, 1.82) is 0 Å². The van der Waals surface area contributed by atoms with Crippen LogP contribution in [-0.2, 0) is 14.3 Å². The maximum absolute atomic E-state index is 12.8. The highest BCUT2D eigenvalue weighted by Crippen LogP contribution is 2.23. The van der Waals surface area contributed by atoms with Crippen LogP contribution in [0.4, 0.5) is 0 Å². The van der Waals surface area contributed by atoms with Crippen LogP contribution in [0.2, 0.25) is 0 Å². The van der Waals surface area contributed by atoms with Crippen molar-refractivity contribution in [2.45, 2.75) is 185 Å². The summed E-state index contributed by atoms with van der Waals surface area (Å²) in [5, 5.41) is 54.0. The van der Waals surface area contributed by atoms with Gasteiger partial charge in [0.1, 0.15) is 24.4 Å². The lowest BCUT2D eigenvalue weighted by molar-refractivity contribution is -0.302. The van der Waals surface area contributed by atoms with Crippen LogP contribution >= 0.6 is 0 Å². The zero-order chi connectivity index (χ0) is 37.4. The molecule has 0 aromatic carbocycles. The Morgan fingerprint density at radius 2 is 1.14 bits per heavy atom. The Bertz CT molecular complexity index is 978. The Hall–Kier alpha value is -2.11. The first kappa shape index (κ1) is 46.9. The van der Waals surface area contributed by atoms with E-state index in [1.54, 1.807) is 6.08 Å². The lowest BCUT2D eigenvalue weighted by atomic mass is 9.99. The fourth-order valence-electron chi connectivity index (χ4n) is 5.93. The fraction of sp³-hybridized carbons (Fsp3) is 0.738. The van der Waals surface area contributed by atoms with Gasteiger partial charge in [-0.2, -0.15) is 0 Å². The molecule has 0 aromatic rings. The van der Waals surface area contributed by atoms with Crippen molar-refractivity contribution in [3.8, 4) is 0 Å². The summed E-state index contributed by atoms with van der Waals surface area (Å²) >= 11 is 0. The Morgan fingerprint density at radius 3 is 1.63 bits per heavy atom. The highest BCUT2D eigenvalue weighted by molar-refractivity contribution is 5.77. The molecule has 7 atom stereocenters. The molecule has 9 nitrogen and oxygen atoms in total. The molecule has 1 aliphatic rings. The zero-order valence-electron chi connectivity index (χ0n) is 31.8. The summed E-state index contributed by atoms with van der Waals surface area (Å²) in [4.78, 5) is 12.8. The maximum atomic E-state index is 12.8. The molecule has 1 fully saturated rings. The van der Waals surface area contributed by atoms with E-state index in [2.05, 4.69) is 67.8 Å². The van der Waals surface area contributed by atoms with Gasteiger partial charge >= 0.3 is 0 Å². The van der Waals surface area contributed by atoms with Gasteiger partial charge in [-0.25, -0.2) is 0 Å². The minimum atomic E-state index is -1.57. The number of hydrogen-bond donors (Lipinski definition) is 6. The van der Waals surface area contributed by atoms with Crippen molar-refractivity contribution < 1.29 is 39.8 Å². The Labute approximate surface area is 309 Å². The molecule has 1 heterocycles. The van der Waals surface area contributed by atoms with Crippen LogP contribution in [0, 0.1) is 0 Å². The first-order valence-electron chi connectivity index (χ1n) is 20.0. The first-order valence-corrected chi connectivity index (χ1v) is 20.0. The van der Waals surface area contributed by atoms with E-state index >= 15 is 0 Å². The summed E-state index contributed by atoms with van der Waals surface area (Å²) in [5.41, 5.74) is 0. The number of rotatable bonds is 31. The predicted molar refractivity (Wildman–Crippen MR) is 207 cm³/mol. The largest absolute Gasteiger partial charge is 0.394 e. The number of carbonyl (C=O) groups excluding carboxylic acids is 1. The molecule has 51 heavy (non-hydrogen) atoms. The number of amides is 1. The summed E-state index contributed by atoms with van der Waals surface area (Å²) in [6.45, 7) is 3.62. The number of ether oxygens (including phenoxy) is 2. The Kier molecular flexibility index (Phi) is 29.9. The van der Waals surface area contributed by atoms with Gasteiger partial charge in [0.15, 0.2) is 6.29 Å². The number of allylic oxidation sites excluding steroid dienone is 9. The van der Waals surface area contributed by atoms with Gasteiger partial charge in [-0.3, -0.25) is 4.79 Å². The van der Waals surface area contributed by atoms with E-state index in [1.807, 2.05) is 6.08 Å². The topological polar surface area (TPSA) is 149 Å². The van der Waals surface area contributed by atoms with Crippen LogP contribution < -0.4 is 5.32 Å². The van der Waals surface area contributed by atoms with Crippen molar-refractivity contribution in [2.75, 3.05) is 13.2 Å². The first-order chi connectivity index (χ1) is 24.8. The normalized spacial score (nSPS) is 22.7. The van der Waals surface area contributed by atoms with Gasteiger partial charge < -0.3 is 40.3 Å². The quantitative estimate of drug-likeness (QED) is 0.0324. The molecule has 1 saturated heterocycles. The highest BCUT2D eigenvalue weighted by Gasteiger charge is 2.44. The molecule has 0 bridgehead atoms. The van der Waals surface area contributed by atoms with E-state index in [0.717, 1.165) is 44.9 Å². The molecule has 1 aliphatic heterocycles. The molecular weight excluding hydrogens is 646 g/mol. The van der Waals surface area contributed by atoms with Crippen molar-refractivity contribution >= 4 is 5.91 Å². The second-order valence-corrected chi connectivity index (χ2v) is 13.7. The summed E-state index contributed by atoms with van der Waals surface area (Å²) in [7, 11) is 0. The zero-order valence-corrected chi connectivity index (χ0v) is 31.8. The number of hydrogen-bond acceptors (Lipinski definition) is 8. The van der Waals surface area contributed by atoms with Gasteiger partial charge in [0.25, 0.3) is 0 Å². The Balaban J connectivity index is 2.49. The fourth-order valence-corrected chi connectivity index (χ4v) is 5.93. The monoisotopic (exact) mass is 720 g/mol. The van der Waals surface area contributed by atoms with Crippen LogP contribution in [0.3, 0.4) is 0 Å². The summed E-state index contributed by atoms with van der Waals surface area (Å²) in [5.74, 6) is -0.275. The summed E-state index contributed by atoms with van der Waals surface area (Å²) in [6.07, 6.45) is 33.9. The third kappa shape index (κ3) is 24.0. The lowest BCUT2D eigenvalue weighted by Crippen LogP contribution is -2.60.